The zero-order chi connectivity index (χ0) is 14.5. The van der Waals surface area contributed by atoms with Crippen LogP contribution in [0.5, 0.6) is 5.75 Å². The second kappa shape index (κ2) is 6.06. The average Bonchev–Trinajstić information content (AvgIpc) is 2.45. The van der Waals surface area contributed by atoms with Crippen LogP contribution < -0.4 is 9.64 Å². The quantitative estimate of drug-likeness (QED) is 0.619. The molecule has 0 spiro atoms. The maximum atomic E-state index is 11.0. The average molecular weight is 272 g/mol. The minimum absolute atomic E-state index is 0.0714. The van der Waals surface area contributed by atoms with Crippen LogP contribution in [0.15, 0.2) is 48.5 Å². The van der Waals surface area contributed by atoms with Gasteiger partial charge in [0.25, 0.3) is 5.69 Å². The fourth-order valence-electron chi connectivity index (χ4n) is 1.85. The van der Waals surface area contributed by atoms with E-state index in [1.54, 1.807) is 31.1 Å². The molecule has 104 valence electrons. The first-order valence-electron chi connectivity index (χ1n) is 6.20. The van der Waals surface area contributed by atoms with Gasteiger partial charge in [-0.1, -0.05) is 30.3 Å². The maximum absolute atomic E-state index is 11.0. The summed E-state index contributed by atoms with van der Waals surface area (Å²) in [6, 6.07) is 14.5. The van der Waals surface area contributed by atoms with E-state index in [1.807, 2.05) is 30.3 Å². The Morgan fingerprint density at radius 2 is 1.85 bits per heavy atom. The highest BCUT2D eigenvalue weighted by Gasteiger charge is 2.16. The molecule has 0 radical (unpaired) electrons. The van der Waals surface area contributed by atoms with Crippen molar-refractivity contribution in [2.75, 3.05) is 19.0 Å². The van der Waals surface area contributed by atoms with Crippen LogP contribution in [0.2, 0.25) is 0 Å². The first kappa shape index (κ1) is 13.9. The number of nitrogens with zero attached hydrogens (tertiary/aromatic N) is 2. The van der Waals surface area contributed by atoms with Gasteiger partial charge in [-0.2, -0.15) is 0 Å². The van der Waals surface area contributed by atoms with Crippen molar-refractivity contribution in [3.63, 3.8) is 0 Å². The lowest BCUT2D eigenvalue weighted by Gasteiger charge is -2.14. The number of anilines is 1. The summed E-state index contributed by atoms with van der Waals surface area (Å²) in [6.45, 7) is 0.436. The summed E-state index contributed by atoms with van der Waals surface area (Å²) in [7, 11) is 3.53. The Hall–Kier alpha value is -2.56. The Bertz CT molecular complexity index is 597. The predicted molar refractivity (Wildman–Crippen MR) is 78.2 cm³/mol. The Morgan fingerprint density at radius 3 is 2.45 bits per heavy atom. The van der Waals surface area contributed by atoms with Crippen LogP contribution in [0.4, 0.5) is 11.4 Å². The number of ether oxygens (including phenoxy) is 1. The summed E-state index contributed by atoms with van der Waals surface area (Å²) < 4.78 is 5.67. The minimum Gasteiger partial charge on any atom is -0.489 e. The van der Waals surface area contributed by atoms with E-state index in [4.69, 9.17) is 4.74 Å². The molecular formula is C15H16N2O3. The number of rotatable bonds is 5. The van der Waals surface area contributed by atoms with Crippen LogP contribution in [-0.2, 0) is 6.61 Å². The van der Waals surface area contributed by atoms with E-state index in [9.17, 15) is 10.1 Å². The monoisotopic (exact) mass is 272 g/mol. The molecule has 20 heavy (non-hydrogen) atoms. The minimum atomic E-state index is -0.393. The van der Waals surface area contributed by atoms with E-state index in [0.29, 0.717) is 18.0 Å². The highest BCUT2D eigenvalue weighted by Crippen LogP contribution is 2.31. The Labute approximate surface area is 117 Å². The van der Waals surface area contributed by atoms with E-state index in [0.717, 1.165) is 5.56 Å². The van der Waals surface area contributed by atoms with E-state index in [-0.39, 0.29) is 5.69 Å². The van der Waals surface area contributed by atoms with Gasteiger partial charge in [-0.25, -0.2) is 0 Å². The van der Waals surface area contributed by atoms with Crippen molar-refractivity contribution in [1.82, 2.24) is 0 Å². The fourth-order valence-corrected chi connectivity index (χ4v) is 1.85. The lowest BCUT2D eigenvalue weighted by Crippen LogP contribution is -2.11. The molecule has 0 saturated carbocycles. The second-order valence-electron chi connectivity index (χ2n) is 4.58. The number of hydrogen-bond acceptors (Lipinski definition) is 4. The smallest absolute Gasteiger partial charge is 0.292 e. The first-order valence-corrected chi connectivity index (χ1v) is 6.20. The lowest BCUT2D eigenvalue weighted by atomic mass is 10.2. The van der Waals surface area contributed by atoms with Crippen molar-refractivity contribution >= 4 is 11.4 Å². The van der Waals surface area contributed by atoms with E-state index in [1.165, 1.54) is 6.07 Å². The summed E-state index contributed by atoms with van der Waals surface area (Å²) in [5, 5.41) is 11.0. The van der Waals surface area contributed by atoms with Crippen LogP contribution in [0.1, 0.15) is 5.56 Å². The normalized spacial score (nSPS) is 10.1. The van der Waals surface area contributed by atoms with Crippen molar-refractivity contribution in [2.45, 2.75) is 6.61 Å². The zero-order valence-corrected chi connectivity index (χ0v) is 11.4. The fraction of sp³-hybridized carbons (Fsp3) is 0.200. The summed E-state index contributed by atoms with van der Waals surface area (Å²) >= 11 is 0. The Morgan fingerprint density at radius 1 is 1.15 bits per heavy atom. The molecule has 0 aromatic heterocycles. The van der Waals surface area contributed by atoms with Gasteiger partial charge in [0.15, 0.2) is 0 Å². The van der Waals surface area contributed by atoms with Gasteiger partial charge in [0.1, 0.15) is 18.0 Å². The molecule has 0 aliphatic heterocycles. The number of benzene rings is 2. The van der Waals surface area contributed by atoms with Crippen LogP contribution in [0.3, 0.4) is 0 Å². The van der Waals surface area contributed by atoms with E-state index >= 15 is 0 Å². The maximum Gasteiger partial charge on any atom is 0.292 e. The third-order valence-electron chi connectivity index (χ3n) is 2.87. The van der Waals surface area contributed by atoms with Crippen molar-refractivity contribution in [3.8, 4) is 5.75 Å². The molecule has 0 heterocycles. The van der Waals surface area contributed by atoms with E-state index in [2.05, 4.69) is 0 Å². The highest BCUT2D eigenvalue weighted by molar-refractivity contribution is 5.65. The molecule has 0 bridgehead atoms. The van der Waals surface area contributed by atoms with Gasteiger partial charge >= 0.3 is 0 Å². The van der Waals surface area contributed by atoms with Crippen LogP contribution in [0, 0.1) is 10.1 Å². The van der Waals surface area contributed by atoms with Crippen LogP contribution in [0.25, 0.3) is 0 Å². The third-order valence-corrected chi connectivity index (χ3v) is 2.87. The molecule has 0 atom stereocenters. The molecule has 0 fully saturated rings. The topological polar surface area (TPSA) is 55.6 Å². The number of nitro groups is 1. The number of hydrogen-bond donors (Lipinski definition) is 0. The molecule has 0 unspecified atom stereocenters. The van der Waals surface area contributed by atoms with Crippen molar-refractivity contribution in [3.05, 3.63) is 64.2 Å². The Balaban J connectivity index is 2.17. The third kappa shape index (κ3) is 3.26. The van der Waals surface area contributed by atoms with Crippen molar-refractivity contribution in [2.24, 2.45) is 0 Å². The molecule has 2 aromatic carbocycles. The van der Waals surface area contributed by atoms with Crippen LogP contribution >= 0.6 is 0 Å². The van der Waals surface area contributed by atoms with Crippen molar-refractivity contribution < 1.29 is 9.66 Å². The predicted octanol–water partition coefficient (Wildman–Crippen LogP) is 3.24. The summed E-state index contributed by atoms with van der Waals surface area (Å²) in [5.74, 6) is 0.614. The van der Waals surface area contributed by atoms with Crippen LogP contribution in [-0.4, -0.2) is 19.0 Å². The van der Waals surface area contributed by atoms with Gasteiger partial charge in [-0.05, 0) is 11.6 Å². The van der Waals surface area contributed by atoms with Crippen molar-refractivity contribution in [1.29, 1.82) is 0 Å². The summed E-state index contributed by atoms with van der Waals surface area (Å²) in [4.78, 5) is 12.3. The standard InChI is InChI=1S/C15H16N2O3/c1-16(2)15-10-13(8-9-14(15)17(18)19)20-11-12-6-4-3-5-7-12/h3-10H,11H2,1-2H3. The van der Waals surface area contributed by atoms with Gasteiger partial charge in [0.05, 0.1) is 4.92 Å². The van der Waals surface area contributed by atoms with Gasteiger partial charge in [0.2, 0.25) is 0 Å². The molecule has 5 heteroatoms. The number of nitro benzene ring substituents is 1. The molecule has 2 aromatic rings. The van der Waals surface area contributed by atoms with Gasteiger partial charge in [0, 0.05) is 26.2 Å². The Kier molecular flexibility index (Phi) is 4.20. The van der Waals surface area contributed by atoms with Gasteiger partial charge < -0.3 is 9.64 Å². The molecular weight excluding hydrogens is 256 g/mol. The second-order valence-corrected chi connectivity index (χ2v) is 4.58. The molecule has 2 rings (SSSR count). The van der Waals surface area contributed by atoms with Gasteiger partial charge in [-0.3, -0.25) is 10.1 Å². The lowest BCUT2D eigenvalue weighted by molar-refractivity contribution is -0.384. The summed E-state index contributed by atoms with van der Waals surface area (Å²) in [6.07, 6.45) is 0. The van der Waals surface area contributed by atoms with Gasteiger partial charge in [-0.15, -0.1) is 0 Å². The molecule has 0 N–H and O–H groups in total. The zero-order valence-electron chi connectivity index (χ0n) is 11.4. The highest BCUT2D eigenvalue weighted by atomic mass is 16.6. The SMILES string of the molecule is CN(C)c1cc(OCc2ccccc2)ccc1[N+](=O)[O-]. The van der Waals surface area contributed by atoms with E-state index < -0.39 is 4.92 Å². The molecule has 0 amide bonds. The molecule has 0 aliphatic carbocycles. The summed E-state index contributed by atoms with van der Waals surface area (Å²) in [5.41, 5.74) is 1.65. The molecule has 5 nitrogen and oxygen atoms in total. The largest absolute Gasteiger partial charge is 0.489 e. The molecule has 0 aliphatic rings. The molecule has 0 saturated heterocycles. The first-order chi connectivity index (χ1) is 9.58.